The summed E-state index contributed by atoms with van der Waals surface area (Å²) in [6, 6.07) is 9.72. The summed E-state index contributed by atoms with van der Waals surface area (Å²) in [6.45, 7) is 4.00. The van der Waals surface area contributed by atoms with Crippen LogP contribution in [0.4, 0.5) is 5.69 Å². The van der Waals surface area contributed by atoms with Gasteiger partial charge in [-0.25, -0.2) is 0 Å². The highest BCUT2D eigenvalue weighted by molar-refractivity contribution is 5.39. The fraction of sp³-hybridized carbons (Fsp3) is 0.333. The minimum atomic E-state index is 0.972. The van der Waals surface area contributed by atoms with Crippen LogP contribution in [0.25, 0.3) is 0 Å². The fourth-order valence-electron chi connectivity index (χ4n) is 0.624. The summed E-state index contributed by atoms with van der Waals surface area (Å²) >= 11 is 0. The van der Waals surface area contributed by atoms with Crippen molar-refractivity contribution in [1.82, 2.24) is 0 Å². The van der Waals surface area contributed by atoms with E-state index in [4.69, 9.17) is 0 Å². The topological polar surface area (TPSA) is 21.3 Å². The molecule has 0 aromatic heterocycles. The van der Waals surface area contributed by atoms with Gasteiger partial charge in [-0.2, -0.15) is 0 Å². The molecule has 0 bridgehead atoms. The summed E-state index contributed by atoms with van der Waals surface area (Å²) in [7, 11) is 1.59. The van der Waals surface area contributed by atoms with Gasteiger partial charge in [-0.05, 0) is 12.1 Å². The summed E-state index contributed by atoms with van der Waals surface area (Å²) in [6.07, 6.45) is 0. The van der Waals surface area contributed by atoms with Gasteiger partial charge >= 0.3 is 0 Å². The van der Waals surface area contributed by atoms with Gasteiger partial charge in [0.15, 0.2) is 0 Å². The molecule has 0 fully saturated rings. The van der Waals surface area contributed by atoms with E-state index in [0.29, 0.717) is 0 Å². The van der Waals surface area contributed by atoms with Gasteiger partial charge in [0.25, 0.3) is 0 Å². The molecule has 0 saturated heterocycles. The number of nitrogens with one attached hydrogen (secondary N) is 1. The third-order valence-electron chi connectivity index (χ3n) is 0.994. The lowest BCUT2D eigenvalue weighted by Gasteiger charge is -1.99. The molecule has 62 valence electrons. The van der Waals surface area contributed by atoms with Crippen LogP contribution in [0.2, 0.25) is 0 Å². The van der Waals surface area contributed by atoms with E-state index in [1.54, 1.807) is 7.11 Å². The Bertz CT molecular complexity index is 162. The number of hydrogen-bond donors (Lipinski definition) is 1. The van der Waals surface area contributed by atoms with E-state index in [2.05, 4.69) is 10.3 Å². The largest absolute Gasteiger partial charge is 0.279 e. The van der Waals surface area contributed by atoms with Gasteiger partial charge in [-0.3, -0.25) is 10.3 Å². The van der Waals surface area contributed by atoms with Crippen LogP contribution in [0.5, 0.6) is 0 Å². The molecule has 0 aliphatic rings. The van der Waals surface area contributed by atoms with Crippen molar-refractivity contribution in [3.05, 3.63) is 30.3 Å². The van der Waals surface area contributed by atoms with Crippen LogP contribution < -0.4 is 5.48 Å². The average molecular weight is 153 g/mol. The smallest absolute Gasteiger partial charge is 0.0636 e. The second-order valence-electron chi connectivity index (χ2n) is 1.67. The molecule has 0 heterocycles. The predicted octanol–water partition coefficient (Wildman–Crippen LogP) is 2.69. The summed E-state index contributed by atoms with van der Waals surface area (Å²) in [5, 5.41) is 0. The van der Waals surface area contributed by atoms with Crippen molar-refractivity contribution >= 4 is 5.69 Å². The van der Waals surface area contributed by atoms with Crippen molar-refractivity contribution < 1.29 is 4.84 Å². The summed E-state index contributed by atoms with van der Waals surface area (Å²) < 4.78 is 0. The third kappa shape index (κ3) is 4.39. The van der Waals surface area contributed by atoms with Crippen LogP contribution in [0, 0.1) is 0 Å². The van der Waals surface area contributed by atoms with E-state index >= 15 is 0 Å². The van der Waals surface area contributed by atoms with Gasteiger partial charge in [0.2, 0.25) is 0 Å². The summed E-state index contributed by atoms with van der Waals surface area (Å²) in [4.78, 5) is 4.68. The van der Waals surface area contributed by atoms with Gasteiger partial charge in [-0.1, -0.05) is 32.0 Å². The minimum absolute atomic E-state index is 0.972. The van der Waals surface area contributed by atoms with E-state index in [1.165, 1.54) is 0 Å². The maximum absolute atomic E-state index is 4.68. The summed E-state index contributed by atoms with van der Waals surface area (Å²) in [5.74, 6) is 0. The lowest BCUT2D eigenvalue weighted by Crippen LogP contribution is -1.93. The SMILES string of the molecule is CC.CONc1ccccc1. The number of rotatable bonds is 2. The molecule has 11 heavy (non-hydrogen) atoms. The van der Waals surface area contributed by atoms with Crippen LogP contribution in [0.1, 0.15) is 13.8 Å². The number of hydrogen-bond acceptors (Lipinski definition) is 2. The third-order valence-corrected chi connectivity index (χ3v) is 0.994. The van der Waals surface area contributed by atoms with E-state index in [9.17, 15) is 0 Å². The minimum Gasteiger partial charge on any atom is -0.279 e. The fourth-order valence-corrected chi connectivity index (χ4v) is 0.624. The molecule has 0 amide bonds. The number of benzene rings is 1. The lowest BCUT2D eigenvalue weighted by molar-refractivity contribution is 0.271. The quantitative estimate of drug-likeness (QED) is 0.659. The molecule has 1 N–H and O–H groups in total. The maximum Gasteiger partial charge on any atom is 0.0636 e. The monoisotopic (exact) mass is 153 g/mol. The van der Waals surface area contributed by atoms with Crippen LogP contribution in [-0.2, 0) is 4.84 Å². The average Bonchev–Trinajstić information content (AvgIpc) is 2.11. The normalized spacial score (nSPS) is 7.91. The molecular weight excluding hydrogens is 138 g/mol. The first-order valence-corrected chi connectivity index (χ1v) is 3.77. The highest BCUT2D eigenvalue weighted by Crippen LogP contribution is 2.03. The van der Waals surface area contributed by atoms with Crippen molar-refractivity contribution in [1.29, 1.82) is 0 Å². The van der Waals surface area contributed by atoms with E-state index in [-0.39, 0.29) is 0 Å². The van der Waals surface area contributed by atoms with Crippen molar-refractivity contribution in [2.45, 2.75) is 13.8 Å². The Morgan fingerprint density at radius 1 is 1.09 bits per heavy atom. The molecule has 0 radical (unpaired) electrons. The van der Waals surface area contributed by atoms with Gasteiger partial charge in [0.05, 0.1) is 12.8 Å². The zero-order valence-corrected chi connectivity index (χ0v) is 7.29. The van der Waals surface area contributed by atoms with Gasteiger partial charge in [0, 0.05) is 0 Å². The molecule has 0 saturated carbocycles. The molecule has 2 nitrogen and oxygen atoms in total. The number of para-hydroxylation sites is 1. The van der Waals surface area contributed by atoms with Crippen LogP contribution in [0.3, 0.4) is 0 Å². The molecular formula is C9H15NO. The Labute approximate surface area is 68.1 Å². The molecule has 0 aliphatic carbocycles. The standard InChI is InChI=1S/C7H9NO.C2H6/c1-9-8-7-5-3-2-4-6-7;1-2/h2-6,8H,1H3;1-2H3. The van der Waals surface area contributed by atoms with Gasteiger partial charge in [-0.15, -0.1) is 0 Å². The van der Waals surface area contributed by atoms with Crippen LogP contribution >= 0.6 is 0 Å². The Balaban J connectivity index is 0.000000461. The predicted molar refractivity (Wildman–Crippen MR) is 48.4 cm³/mol. The number of anilines is 1. The van der Waals surface area contributed by atoms with Crippen LogP contribution in [0.15, 0.2) is 30.3 Å². The molecule has 0 unspecified atom stereocenters. The Kier molecular flexibility index (Phi) is 6.43. The van der Waals surface area contributed by atoms with E-state index < -0.39 is 0 Å². The summed E-state index contributed by atoms with van der Waals surface area (Å²) in [5.41, 5.74) is 3.68. The van der Waals surface area contributed by atoms with Crippen LogP contribution in [-0.4, -0.2) is 7.11 Å². The zero-order valence-electron chi connectivity index (χ0n) is 7.29. The molecule has 1 aromatic rings. The molecule has 1 rings (SSSR count). The Morgan fingerprint density at radius 3 is 2.09 bits per heavy atom. The first-order chi connectivity index (χ1) is 5.43. The van der Waals surface area contributed by atoms with Gasteiger partial charge < -0.3 is 0 Å². The van der Waals surface area contributed by atoms with E-state index in [0.717, 1.165) is 5.69 Å². The zero-order chi connectivity index (χ0) is 8.53. The highest BCUT2D eigenvalue weighted by atomic mass is 16.6. The molecule has 0 atom stereocenters. The Hall–Kier alpha value is -1.02. The Morgan fingerprint density at radius 2 is 1.64 bits per heavy atom. The lowest BCUT2D eigenvalue weighted by atomic mass is 10.3. The first-order valence-electron chi connectivity index (χ1n) is 3.77. The molecule has 1 aromatic carbocycles. The molecule has 0 aliphatic heterocycles. The molecule has 0 spiro atoms. The maximum atomic E-state index is 4.68. The highest BCUT2D eigenvalue weighted by Gasteiger charge is 1.82. The van der Waals surface area contributed by atoms with Crippen molar-refractivity contribution in [2.75, 3.05) is 12.6 Å². The second kappa shape index (κ2) is 7.09. The van der Waals surface area contributed by atoms with Crippen molar-refractivity contribution in [3.8, 4) is 0 Å². The second-order valence-corrected chi connectivity index (χ2v) is 1.67. The first kappa shape index (κ1) is 9.98. The van der Waals surface area contributed by atoms with Crippen molar-refractivity contribution in [3.63, 3.8) is 0 Å². The van der Waals surface area contributed by atoms with Gasteiger partial charge in [0.1, 0.15) is 0 Å². The van der Waals surface area contributed by atoms with Crippen molar-refractivity contribution in [2.24, 2.45) is 0 Å². The van der Waals surface area contributed by atoms with E-state index in [1.807, 2.05) is 44.2 Å². The molecule has 2 heteroatoms.